The normalized spacial score (nSPS) is 13.9. The first kappa shape index (κ1) is 32.6. The Morgan fingerprint density at radius 2 is 1.64 bits per heavy atom. The van der Waals surface area contributed by atoms with Crippen LogP contribution in [0.15, 0.2) is 66.7 Å². The van der Waals surface area contributed by atoms with Gasteiger partial charge in [-0.15, -0.1) is 46.7 Å². The number of aromatic nitrogens is 2. The fraction of sp³-hybridized carbons (Fsp3) is 0.148. The number of halogens is 6. The maximum Gasteiger partial charge on any atom is 0.586 e. The highest BCUT2D eigenvalue weighted by Gasteiger charge is 2.44. The lowest BCUT2D eigenvalue weighted by molar-refractivity contribution is -0.286. The number of fused-ring (bicyclic) bond motifs is 1. The number of carboxylic acids is 1. The van der Waals surface area contributed by atoms with Gasteiger partial charge in [0.25, 0.3) is 5.91 Å². The van der Waals surface area contributed by atoms with E-state index in [0.717, 1.165) is 21.7 Å². The van der Waals surface area contributed by atoms with Gasteiger partial charge in [0.2, 0.25) is 0 Å². The van der Waals surface area contributed by atoms with Crippen molar-refractivity contribution in [3.05, 3.63) is 94.3 Å². The number of carboxylic acid groups (broad SMARTS) is 1. The Morgan fingerprint density at radius 1 is 0.978 bits per heavy atom. The van der Waals surface area contributed by atoms with Crippen LogP contribution in [-0.2, 0) is 12.8 Å². The number of ether oxygens (including phenoxy) is 3. The van der Waals surface area contributed by atoms with E-state index in [2.05, 4.69) is 52.5 Å². The molecular formula is C27H17ClF5N3O6S3. The largest absolute Gasteiger partial charge is 0.586 e. The minimum Gasteiger partial charge on any atom is -0.487 e. The van der Waals surface area contributed by atoms with E-state index in [1.165, 1.54) is 54.6 Å². The highest BCUT2D eigenvalue weighted by atomic mass is 35.5. The van der Waals surface area contributed by atoms with Gasteiger partial charge in [0, 0.05) is 11.6 Å². The van der Waals surface area contributed by atoms with Gasteiger partial charge in [-0.05, 0) is 54.6 Å². The lowest BCUT2D eigenvalue weighted by Crippen LogP contribution is -2.41. The number of aromatic carboxylic acids is 1. The molecule has 0 radical (unpaired) electrons. The van der Waals surface area contributed by atoms with Gasteiger partial charge in [-0.2, -0.15) is 18.3 Å². The highest BCUT2D eigenvalue weighted by molar-refractivity contribution is 8.17. The van der Waals surface area contributed by atoms with Gasteiger partial charge in [0.05, 0.1) is 22.0 Å². The number of anilines is 1. The average Bonchev–Trinajstić information content (AvgIpc) is 3.45. The predicted octanol–water partition coefficient (Wildman–Crippen LogP) is 7.19. The number of rotatable bonds is 8. The van der Waals surface area contributed by atoms with Crippen molar-refractivity contribution in [1.82, 2.24) is 9.78 Å². The summed E-state index contributed by atoms with van der Waals surface area (Å²) in [5.74, 6) is -2.56. The fourth-order valence-corrected chi connectivity index (χ4v) is 5.10. The van der Waals surface area contributed by atoms with Crippen molar-refractivity contribution in [2.24, 2.45) is 0 Å². The minimum absolute atomic E-state index is 0.0325. The summed E-state index contributed by atoms with van der Waals surface area (Å²) in [6.45, 7) is -0.534. The van der Waals surface area contributed by atoms with Crippen molar-refractivity contribution < 1.29 is 50.9 Å². The van der Waals surface area contributed by atoms with Crippen molar-refractivity contribution in [1.29, 1.82) is 0 Å². The van der Waals surface area contributed by atoms with Crippen molar-refractivity contribution in [2.45, 2.75) is 22.6 Å². The summed E-state index contributed by atoms with van der Waals surface area (Å²) in [7, 11) is 0. The Morgan fingerprint density at radius 3 is 2.27 bits per heavy atom. The van der Waals surface area contributed by atoms with E-state index in [9.17, 15) is 31.5 Å². The summed E-state index contributed by atoms with van der Waals surface area (Å²) >= 11 is 18.8. The standard InChI is InChI=1S/C27H17ClF5N3O6S3/c28-21-18(12-40-17-7-4-13(5-8-17)24(38)39)36(34-22(21)25(29,30)31)16-3-1-2-14(10-16)23(37)35(27(43,44)45)15-6-9-19-20(11-15)42-26(32,33)41-19/h1-11,43-45H,12H2,(H,38,39). The van der Waals surface area contributed by atoms with Crippen LogP contribution < -0.4 is 19.1 Å². The number of amides is 1. The van der Waals surface area contributed by atoms with Crippen LogP contribution in [0.1, 0.15) is 32.1 Å². The quantitative estimate of drug-likeness (QED) is 0.0875. The number of hydrogen-bond donors (Lipinski definition) is 4. The van der Waals surface area contributed by atoms with Gasteiger partial charge < -0.3 is 19.3 Å². The summed E-state index contributed by atoms with van der Waals surface area (Å²) in [4.78, 5) is 25.8. The Balaban J connectivity index is 1.51. The average molecular weight is 706 g/mol. The van der Waals surface area contributed by atoms with Crippen molar-refractivity contribution in [2.75, 3.05) is 4.90 Å². The predicted molar refractivity (Wildman–Crippen MR) is 160 cm³/mol. The molecule has 236 valence electrons. The Hall–Kier alpha value is -3.80. The fourth-order valence-electron chi connectivity index (χ4n) is 4.20. The molecule has 0 aliphatic carbocycles. The molecule has 1 aliphatic heterocycles. The molecule has 0 bridgehead atoms. The summed E-state index contributed by atoms with van der Waals surface area (Å²) in [5, 5.41) is 11.9. The van der Waals surface area contributed by atoms with Crippen LogP contribution in [0.3, 0.4) is 0 Å². The second-order valence-electron chi connectivity index (χ2n) is 9.23. The van der Waals surface area contributed by atoms with Crippen LogP contribution in [-0.4, -0.2) is 36.6 Å². The third-order valence-electron chi connectivity index (χ3n) is 6.15. The molecule has 0 saturated heterocycles. The van der Waals surface area contributed by atoms with E-state index in [-0.39, 0.29) is 45.4 Å². The number of carbonyl (C=O) groups is 2. The molecule has 1 aromatic heterocycles. The number of benzene rings is 3. The molecule has 0 unspecified atom stereocenters. The van der Waals surface area contributed by atoms with E-state index in [0.29, 0.717) is 0 Å². The maximum absolute atomic E-state index is 13.8. The van der Waals surface area contributed by atoms with Gasteiger partial charge in [0.15, 0.2) is 20.7 Å². The highest BCUT2D eigenvalue weighted by Crippen LogP contribution is 2.45. The Labute approximate surface area is 271 Å². The number of hydrogen-bond acceptors (Lipinski definition) is 9. The van der Waals surface area contributed by atoms with E-state index >= 15 is 0 Å². The molecule has 1 amide bonds. The van der Waals surface area contributed by atoms with E-state index < -0.39 is 45.2 Å². The second kappa shape index (κ2) is 11.9. The smallest absolute Gasteiger partial charge is 0.487 e. The molecule has 9 nitrogen and oxygen atoms in total. The number of thiol groups is 3. The van der Waals surface area contributed by atoms with Gasteiger partial charge >= 0.3 is 18.4 Å². The summed E-state index contributed by atoms with van der Waals surface area (Å²) in [6, 6.07) is 13.8. The third-order valence-corrected chi connectivity index (χ3v) is 7.14. The number of nitrogens with zero attached hydrogens (tertiary/aromatic N) is 3. The van der Waals surface area contributed by atoms with Crippen molar-refractivity contribution >= 4 is 67.1 Å². The lowest BCUT2D eigenvalue weighted by atomic mass is 10.1. The first-order chi connectivity index (χ1) is 20.9. The zero-order valence-corrected chi connectivity index (χ0v) is 25.4. The van der Waals surface area contributed by atoms with Crippen molar-refractivity contribution in [3.8, 4) is 22.9 Å². The molecule has 45 heavy (non-hydrogen) atoms. The third kappa shape index (κ3) is 6.90. The molecule has 2 heterocycles. The molecule has 1 aliphatic rings. The second-order valence-corrected chi connectivity index (χ2v) is 12.6. The van der Waals surface area contributed by atoms with Crippen molar-refractivity contribution in [3.63, 3.8) is 0 Å². The monoisotopic (exact) mass is 705 g/mol. The first-order valence-electron chi connectivity index (χ1n) is 12.3. The van der Waals surface area contributed by atoms with Crippen LogP contribution in [0.4, 0.5) is 27.6 Å². The van der Waals surface area contributed by atoms with E-state index in [4.69, 9.17) is 21.4 Å². The molecule has 0 fully saturated rings. The lowest BCUT2D eigenvalue weighted by Gasteiger charge is -2.33. The first-order valence-corrected chi connectivity index (χ1v) is 14.0. The minimum atomic E-state index is -4.95. The molecule has 3 aromatic carbocycles. The van der Waals surface area contributed by atoms with E-state index in [1.54, 1.807) is 0 Å². The molecule has 0 saturated carbocycles. The summed E-state index contributed by atoms with van der Waals surface area (Å²) in [5.41, 5.74) is -1.88. The van der Waals surface area contributed by atoms with Crippen LogP contribution in [0.25, 0.3) is 5.69 Å². The molecular weight excluding hydrogens is 689 g/mol. The van der Waals surface area contributed by atoms with E-state index in [1.807, 2.05) is 0 Å². The van der Waals surface area contributed by atoms with Gasteiger partial charge in [-0.25, -0.2) is 9.48 Å². The SMILES string of the molecule is O=C(O)c1ccc(OCc2c(Cl)c(C(F)(F)F)nn2-c2cccc(C(=O)N(c3ccc4c(c3)OC(F)(F)O4)C(S)(S)S)c2)cc1. The maximum atomic E-state index is 13.8. The van der Waals surface area contributed by atoms with Gasteiger partial charge in [-0.3, -0.25) is 9.69 Å². The molecule has 0 spiro atoms. The topological polar surface area (TPSA) is 103 Å². The van der Waals surface area contributed by atoms with Crippen LogP contribution >= 0.6 is 49.5 Å². The Bertz CT molecular complexity index is 1800. The van der Waals surface area contributed by atoms with Crippen LogP contribution in [0.2, 0.25) is 5.02 Å². The zero-order valence-electron chi connectivity index (χ0n) is 22.0. The molecule has 5 rings (SSSR count). The van der Waals surface area contributed by atoms with Gasteiger partial charge in [0.1, 0.15) is 18.1 Å². The summed E-state index contributed by atoms with van der Waals surface area (Å²) in [6.07, 6.45) is -8.88. The summed E-state index contributed by atoms with van der Waals surface area (Å²) < 4.78 is 82.0. The molecule has 4 aromatic rings. The van der Waals surface area contributed by atoms with Crippen LogP contribution in [0, 0.1) is 0 Å². The zero-order chi connectivity index (χ0) is 32.9. The number of carbonyl (C=O) groups excluding carboxylic acids is 1. The molecule has 1 N–H and O–H groups in total. The Kier molecular flexibility index (Phi) is 8.58. The molecule has 18 heteroatoms. The van der Waals surface area contributed by atoms with Crippen LogP contribution in [0.5, 0.6) is 17.2 Å². The van der Waals surface area contributed by atoms with Gasteiger partial charge in [-0.1, -0.05) is 17.7 Å². The molecule has 0 atom stereocenters. The number of alkyl halides is 5.